The molecule has 0 bridgehead atoms. The van der Waals surface area contributed by atoms with Gasteiger partial charge in [0.2, 0.25) is 0 Å². The largest absolute Gasteiger partial charge is 0.465 e. The molecule has 0 radical (unpaired) electrons. The van der Waals surface area contributed by atoms with E-state index in [2.05, 4.69) is 12.2 Å². The number of aliphatic hydroxyl groups is 1. The van der Waals surface area contributed by atoms with Crippen molar-refractivity contribution in [3.05, 3.63) is 0 Å². The Morgan fingerprint density at radius 3 is 3.00 bits per heavy atom. The van der Waals surface area contributed by atoms with Crippen molar-refractivity contribution in [2.75, 3.05) is 13.2 Å². The van der Waals surface area contributed by atoms with Gasteiger partial charge in [-0.1, -0.05) is 13.3 Å². The molecule has 4 heteroatoms. The summed E-state index contributed by atoms with van der Waals surface area (Å²) in [5.74, 6) is -0.150. The van der Waals surface area contributed by atoms with Crippen LogP contribution in [0, 0.1) is 5.41 Å². The van der Waals surface area contributed by atoms with Crippen LogP contribution in [0.2, 0.25) is 0 Å². The fourth-order valence-electron chi connectivity index (χ4n) is 2.33. The molecule has 4 nitrogen and oxygen atoms in total. The topological polar surface area (TPSA) is 58.6 Å². The Kier molecular flexibility index (Phi) is 2.98. The highest BCUT2D eigenvalue weighted by molar-refractivity contribution is 5.77. The first-order valence-electron chi connectivity index (χ1n) is 5.75. The number of nitrogens with one attached hydrogen (secondary N) is 1. The minimum Gasteiger partial charge on any atom is -0.465 e. The molecular formula is C11H19NO3. The number of aliphatic hydroxyl groups excluding tert-OH is 1. The number of esters is 1. The van der Waals surface area contributed by atoms with Crippen molar-refractivity contribution in [2.45, 2.75) is 44.7 Å². The van der Waals surface area contributed by atoms with E-state index in [0.29, 0.717) is 12.6 Å². The summed E-state index contributed by atoms with van der Waals surface area (Å²) in [7, 11) is 0. The maximum absolute atomic E-state index is 11.6. The standard InChI is InChI=1S/C11H19NO3/c1-2-3-4-15-10(14)8-5-11(7-13)6-9(11)12-8/h8-9,12-13H,2-7H2,1H3/t8-,9-,11+/m0/s1. The fourth-order valence-corrected chi connectivity index (χ4v) is 2.33. The molecule has 2 N–H and O–H groups in total. The molecule has 2 rings (SSSR count). The van der Waals surface area contributed by atoms with E-state index in [0.717, 1.165) is 25.7 Å². The third-order valence-electron chi connectivity index (χ3n) is 3.54. The van der Waals surface area contributed by atoms with Crippen molar-refractivity contribution < 1.29 is 14.6 Å². The first kappa shape index (κ1) is 10.9. The minimum absolute atomic E-state index is 0.00551. The Morgan fingerprint density at radius 2 is 2.40 bits per heavy atom. The van der Waals surface area contributed by atoms with E-state index in [9.17, 15) is 9.90 Å². The summed E-state index contributed by atoms with van der Waals surface area (Å²) in [5, 5.41) is 12.4. The highest BCUT2D eigenvalue weighted by atomic mass is 16.5. The molecule has 1 saturated heterocycles. The number of carbonyl (C=O) groups excluding carboxylic acids is 1. The molecule has 0 aromatic rings. The normalized spacial score (nSPS) is 37.5. The van der Waals surface area contributed by atoms with Crippen LogP contribution >= 0.6 is 0 Å². The Labute approximate surface area is 90.0 Å². The van der Waals surface area contributed by atoms with Gasteiger partial charge in [0, 0.05) is 11.5 Å². The SMILES string of the molecule is CCCCOC(=O)[C@@H]1C[C@]2(CO)C[C@@H]2N1. The van der Waals surface area contributed by atoms with Crippen molar-refractivity contribution in [1.82, 2.24) is 5.32 Å². The number of fused-ring (bicyclic) bond motifs is 1. The fraction of sp³-hybridized carbons (Fsp3) is 0.909. The second-order valence-electron chi connectivity index (χ2n) is 4.72. The van der Waals surface area contributed by atoms with E-state index >= 15 is 0 Å². The van der Waals surface area contributed by atoms with Crippen LogP contribution in [0.1, 0.15) is 32.6 Å². The van der Waals surface area contributed by atoms with Gasteiger partial charge in [-0.3, -0.25) is 4.79 Å². The molecule has 1 aliphatic carbocycles. The van der Waals surface area contributed by atoms with Gasteiger partial charge in [-0.15, -0.1) is 0 Å². The van der Waals surface area contributed by atoms with Crippen LogP contribution in [0.3, 0.4) is 0 Å². The van der Waals surface area contributed by atoms with E-state index < -0.39 is 0 Å². The van der Waals surface area contributed by atoms with Gasteiger partial charge in [0.25, 0.3) is 0 Å². The minimum atomic E-state index is -0.187. The molecule has 2 aliphatic rings. The summed E-state index contributed by atoms with van der Waals surface area (Å²) >= 11 is 0. The third kappa shape index (κ3) is 2.01. The Balaban J connectivity index is 1.74. The smallest absolute Gasteiger partial charge is 0.323 e. The zero-order chi connectivity index (χ0) is 10.9. The van der Waals surface area contributed by atoms with Gasteiger partial charge in [0.15, 0.2) is 0 Å². The van der Waals surface area contributed by atoms with Crippen molar-refractivity contribution in [1.29, 1.82) is 0 Å². The average Bonchev–Trinajstić information content (AvgIpc) is 2.81. The zero-order valence-electron chi connectivity index (χ0n) is 9.16. The Bertz CT molecular complexity index is 252. The lowest BCUT2D eigenvalue weighted by atomic mass is 10.0. The van der Waals surface area contributed by atoms with E-state index in [-0.39, 0.29) is 24.0 Å². The summed E-state index contributed by atoms with van der Waals surface area (Å²) < 4.78 is 5.14. The third-order valence-corrected chi connectivity index (χ3v) is 3.54. The predicted octanol–water partition coefficient (Wildman–Crippen LogP) is 0.443. The van der Waals surface area contributed by atoms with Gasteiger partial charge >= 0.3 is 5.97 Å². The zero-order valence-corrected chi connectivity index (χ0v) is 9.16. The first-order chi connectivity index (χ1) is 7.22. The number of rotatable bonds is 5. The molecule has 1 aliphatic heterocycles. The molecule has 0 aromatic heterocycles. The lowest BCUT2D eigenvalue weighted by molar-refractivity contribution is -0.146. The quantitative estimate of drug-likeness (QED) is 0.514. The van der Waals surface area contributed by atoms with E-state index in [4.69, 9.17) is 4.74 Å². The van der Waals surface area contributed by atoms with E-state index in [1.807, 2.05) is 0 Å². The molecule has 2 fully saturated rings. The van der Waals surface area contributed by atoms with Crippen molar-refractivity contribution in [3.8, 4) is 0 Å². The number of hydrogen-bond acceptors (Lipinski definition) is 4. The van der Waals surface area contributed by atoms with Crippen molar-refractivity contribution in [2.24, 2.45) is 5.41 Å². The second kappa shape index (κ2) is 4.10. The monoisotopic (exact) mass is 213 g/mol. The number of piperidine rings is 1. The van der Waals surface area contributed by atoms with E-state index in [1.54, 1.807) is 0 Å². The van der Waals surface area contributed by atoms with E-state index in [1.165, 1.54) is 0 Å². The summed E-state index contributed by atoms with van der Waals surface area (Å²) in [6.07, 6.45) is 3.70. The van der Waals surface area contributed by atoms with Crippen LogP contribution in [0.25, 0.3) is 0 Å². The van der Waals surface area contributed by atoms with Gasteiger partial charge in [-0.05, 0) is 19.3 Å². The molecule has 15 heavy (non-hydrogen) atoms. The second-order valence-corrected chi connectivity index (χ2v) is 4.72. The van der Waals surface area contributed by atoms with Crippen LogP contribution < -0.4 is 5.32 Å². The first-order valence-corrected chi connectivity index (χ1v) is 5.75. The van der Waals surface area contributed by atoms with Gasteiger partial charge < -0.3 is 15.2 Å². The van der Waals surface area contributed by atoms with Gasteiger partial charge in [0.1, 0.15) is 6.04 Å². The van der Waals surface area contributed by atoms with Crippen LogP contribution in [-0.2, 0) is 9.53 Å². The molecule has 3 atom stereocenters. The lowest BCUT2D eigenvalue weighted by Gasteiger charge is -2.13. The summed E-state index contributed by atoms with van der Waals surface area (Å²) in [6, 6.07) is 0.152. The number of hydrogen-bond donors (Lipinski definition) is 2. The van der Waals surface area contributed by atoms with Crippen LogP contribution in [0.5, 0.6) is 0 Å². The van der Waals surface area contributed by atoms with Crippen LogP contribution in [0.15, 0.2) is 0 Å². The average molecular weight is 213 g/mol. The molecule has 0 unspecified atom stereocenters. The summed E-state index contributed by atoms with van der Waals surface area (Å²) in [4.78, 5) is 11.6. The Morgan fingerprint density at radius 1 is 1.60 bits per heavy atom. The number of unbranched alkanes of at least 4 members (excludes halogenated alkanes) is 1. The van der Waals surface area contributed by atoms with Gasteiger partial charge in [-0.2, -0.15) is 0 Å². The summed E-state index contributed by atoms with van der Waals surface area (Å²) in [6.45, 7) is 2.77. The Hall–Kier alpha value is -0.610. The van der Waals surface area contributed by atoms with Crippen LogP contribution in [0.4, 0.5) is 0 Å². The highest BCUT2D eigenvalue weighted by Crippen LogP contribution is 2.54. The number of carbonyl (C=O) groups is 1. The lowest BCUT2D eigenvalue weighted by Crippen LogP contribution is -2.35. The maximum Gasteiger partial charge on any atom is 0.323 e. The number of ether oxygens (including phenoxy) is 1. The summed E-state index contributed by atoms with van der Waals surface area (Å²) in [5.41, 5.74) is -0.00551. The maximum atomic E-state index is 11.6. The van der Waals surface area contributed by atoms with Gasteiger partial charge in [-0.25, -0.2) is 0 Å². The molecule has 1 heterocycles. The van der Waals surface area contributed by atoms with Crippen molar-refractivity contribution >= 4 is 5.97 Å². The molecule has 0 spiro atoms. The molecule has 1 saturated carbocycles. The molecule has 0 aromatic carbocycles. The molecule has 0 amide bonds. The van der Waals surface area contributed by atoms with Gasteiger partial charge in [0.05, 0.1) is 13.2 Å². The molecule has 86 valence electrons. The molecular weight excluding hydrogens is 194 g/mol. The predicted molar refractivity (Wildman–Crippen MR) is 55.3 cm³/mol. The van der Waals surface area contributed by atoms with Crippen LogP contribution in [-0.4, -0.2) is 36.4 Å². The highest BCUT2D eigenvalue weighted by Gasteiger charge is 2.61. The van der Waals surface area contributed by atoms with Crippen molar-refractivity contribution in [3.63, 3.8) is 0 Å².